The van der Waals surface area contributed by atoms with Gasteiger partial charge >= 0.3 is 0 Å². The molecule has 3 heteroatoms. The van der Waals surface area contributed by atoms with Crippen LogP contribution in [-0.2, 0) is 0 Å². The summed E-state index contributed by atoms with van der Waals surface area (Å²) in [4.78, 5) is 4.91. The number of nitrogens with one attached hydrogen (secondary N) is 2. The number of hydrogen-bond donors (Lipinski definition) is 2. The maximum Gasteiger partial charge on any atom is 0.147 e. The van der Waals surface area contributed by atoms with Crippen LogP contribution in [0.5, 0.6) is 0 Å². The third-order valence-electron chi connectivity index (χ3n) is 4.16. The topological polar surface area (TPSA) is 36.4 Å². The predicted molar refractivity (Wildman–Crippen MR) is 101 cm³/mol. The number of benzene rings is 3. The van der Waals surface area contributed by atoms with Crippen molar-refractivity contribution in [2.75, 3.05) is 10.6 Å². The molecule has 24 heavy (non-hydrogen) atoms. The molecule has 0 spiro atoms. The molecule has 0 saturated carbocycles. The second-order valence-corrected chi connectivity index (χ2v) is 5.97. The molecule has 3 aromatic rings. The minimum atomic E-state index is -0.0910. The summed E-state index contributed by atoms with van der Waals surface area (Å²) in [5.41, 5.74) is 5.63. The molecule has 4 rings (SSSR count). The van der Waals surface area contributed by atoms with Gasteiger partial charge in [-0.05, 0) is 36.8 Å². The number of anilines is 2. The van der Waals surface area contributed by atoms with E-state index in [0.29, 0.717) is 0 Å². The van der Waals surface area contributed by atoms with Crippen LogP contribution in [0.3, 0.4) is 0 Å². The highest BCUT2D eigenvalue weighted by atomic mass is 15.2. The first-order chi connectivity index (χ1) is 11.8. The molecule has 0 radical (unpaired) electrons. The summed E-state index contributed by atoms with van der Waals surface area (Å²) in [7, 11) is 0. The van der Waals surface area contributed by atoms with Crippen molar-refractivity contribution in [2.45, 2.75) is 13.1 Å². The van der Waals surface area contributed by atoms with Crippen LogP contribution in [0, 0.1) is 6.92 Å². The number of aliphatic imine (C=N–C) groups is 1. The molecule has 0 saturated heterocycles. The Morgan fingerprint density at radius 1 is 0.833 bits per heavy atom. The van der Waals surface area contributed by atoms with E-state index in [0.717, 1.165) is 28.3 Å². The van der Waals surface area contributed by atoms with Gasteiger partial charge in [-0.2, -0.15) is 0 Å². The van der Waals surface area contributed by atoms with E-state index in [1.165, 1.54) is 5.56 Å². The Bertz CT molecular complexity index is 867. The quantitative estimate of drug-likeness (QED) is 0.700. The molecule has 1 aliphatic heterocycles. The van der Waals surface area contributed by atoms with Crippen molar-refractivity contribution in [2.24, 2.45) is 4.99 Å². The molecule has 1 unspecified atom stereocenters. The Morgan fingerprint density at radius 2 is 1.54 bits per heavy atom. The summed E-state index contributed by atoms with van der Waals surface area (Å²) in [5, 5.41) is 6.98. The van der Waals surface area contributed by atoms with Crippen molar-refractivity contribution in [3.8, 4) is 0 Å². The lowest BCUT2D eigenvalue weighted by atomic mass is 10.1. The molecule has 2 N–H and O–H groups in total. The number of nitrogens with zero attached hydrogens (tertiary/aromatic N) is 1. The summed E-state index contributed by atoms with van der Waals surface area (Å²) >= 11 is 0. The van der Waals surface area contributed by atoms with Crippen LogP contribution in [0.2, 0.25) is 0 Å². The third kappa shape index (κ3) is 2.88. The Balaban J connectivity index is 1.73. The lowest BCUT2D eigenvalue weighted by Crippen LogP contribution is -2.24. The van der Waals surface area contributed by atoms with Gasteiger partial charge in [0.15, 0.2) is 0 Å². The smallest absolute Gasteiger partial charge is 0.147 e. The van der Waals surface area contributed by atoms with Gasteiger partial charge in [0.2, 0.25) is 0 Å². The molecule has 0 bridgehead atoms. The Labute approximate surface area is 142 Å². The summed E-state index contributed by atoms with van der Waals surface area (Å²) in [5.74, 6) is 0.890. The summed E-state index contributed by atoms with van der Waals surface area (Å²) in [6.45, 7) is 2.10. The average Bonchev–Trinajstić information content (AvgIpc) is 2.63. The Morgan fingerprint density at radius 3 is 2.33 bits per heavy atom. The number of fused-ring (bicyclic) bond motifs is 1. The lowest BCUT2D eigenvalue weighted by molar-refractivity contribution is 0.827. The fraction of sp³-hybridized carbons (Fsp3) is 0.0952. The first-order valence-corrected chi connectivity index (χ1v) is 8.12. The summed E-state index contributed by atoms with van der Waals surface area (Å²) < 4.78 is 0. The zero-order valence-corrected chi connectivity index (χ0v) is 13.5. The van der Waals surface area contributed by atoms with Gasteiger partial charge in [0.25, 0.3) is 0 Å². The van der Waals surface area contributed by atoms with E-state index in [2.05, 4.69) is 54.0 Å². The van der Waals surface area contributed by atoms with E-state index < -0.39 is 0 Å². The zero-order valence-electron chi connectivity index (χ0n) is 13.5. The number of para-hydroxylation sites is 2. The summed E-state index contributed by atoms with van der Waals surface area (Å²) in [6.07, 6.45) is -0.0910. The van der Waals surface area contributed by atoms with E-state index in [4.69, 9.17) is 4.99 Å². The van der Waals surface area contributed by atoms with Crippen molar-refractivity contribution in [1.82, 2.24) is 0 Å². The van der Waals surface area contributed by atoms with Crippen molar-refractivity contribution in [3.05, 3.63) is 95.6 Å². The zero-order chi connectivity index (χ0) is 16.4. The highest BCUT2D eigenvalue weighted by molar-refractivity contribution is 6.12. The van der Waals surface area contributed by atoms with Crippen LogP contribution >= 0.6 is 0 Å². The molecule has 0 aromatic heterocycles. The Hall–Kier alpha value is -3.07. The van der Waals surface area contributed by atoms with Crippen LogP contribution in [0.4, 0.5) is 11.4 Å². The van der Waals surface area contributed by atoms with E-state index in [1.54, 1.807) is 0 Å². The molecule has 1 atom stereocenters. The largest absolute Gasteiger partial charge is 0.359 e. The fourth-order valence-corrected chi connectivity index (χ4v) is 2.86. The number of amidine groups is 1. The van der Waals surface area contributed by atoms with E-state index in [1.807, 2.05) is 42.5 Å². The van der Waals surface area contributed by atoms with Gasteiger partial charge in [-0.15, -0.1) is 0 Å². The van der Waals surface area contributed by atoms with Crippen LogP contribution in [0.15, 0.2) is 83.9 Å². The first-order valence-electron chi connectivity index (χ1n) is 8.12. The van der Waals surface area contributed by atoms with Crippen molar-refractivity contribution >= 4 is 17.2 Å². The van der Waals surface area contributed by atoms with Crippen molar-refractivity contribution in [3.63, 3.8) is 0 Å². The molecule has 0 fully saturated rings. The lowest BCUT2D eigenvalue weighted by Gasteiger charge is -2.26. The minimum absolute atomic E-state index is 0.0910. The summed E-state index contributed by atoms with van der Waals surface area (Å²) in [6, 6.07) is 26.9. The fourth-order valence-electron chi connectivity index (χ4n) is 2.86. The van der Waals surface area contributed by atoms with Gasteiger partial charge in [-0.3, -0.25) is 0 Å². The van der Waals surface area contributed by atoms with E-state index >= 15 is 0 Å². The average molecular weight is 313 g/mol. The number of hydrogen-bond acceptors (Lipinski definition) is 3. The third-order valence-corrected chi connectivity index (χ3v) is 4.16. The Kier molecular flexibility index (Phi) is 3.75. The second kappa shape index (κ2) is 6.20. The van der Waals surface area contributed by atoms with Crippen LogP contribution in [-0.4, -0.2) is 5.84 Å². The molecule has 0 amide bonds. The molecule has 3 nitrogen and oxygen atoms in total. The highest BCUT2D eigenvalue weighted by Gasteiger charge is 2.21. The normalized spacial score (nSPS) is 15.9. The monoisotopic (exact) mass is 313 g/mol. The molecular weight excluding hydrogens is 294 g/mol. The van der Waals surface area contributed by atoms with Crippen LogP contribution < -0.4 is 10.6 Å². The van der Waals surface area contributed by atoms with Crippen molar-refractivity contribution in [1.29, 1.82) is 0 Å². The minimum Gasteiger partial charge on any atom is -0.359 e. The van der Waals surface area contributed by atoms with Gasteiger partial charge in [0.1, 0.15) is 12.0 Å². The van der Waals surface area contributed by atoms with Gasteiger partial charge in [0.05, 0.1) is 0 Å². The molecule has 1 heterocycles. The van der Waals surface area contributed by atoms with Gasteiger partial charge < -0.3 is 10.6 Å². The first kappa shape index (κ1) is 14.5. The maximum absolute atomic E-state index is 4.91. The van der Waals surface area contributed by atoms with Gasteiger partial charge in [0, 0.05) is 16.9 Å². The molecule has 3 aromatic carbocycles. The maximum atomic E-state index is 4.91. The molecular formula is C21H19N3. The van der Waals surface area contributed by atoms with Gasteiger partial charge in [-0.1, -0.05) is 60.2 Å². The van der Waals surface area contributed by atoms with E-state index in [-0.39, 0.29) is 6.17 Å². The van der Waals surface area contributed by atoms with E-state index in [9.17, 15) is 0 Å². The SMILES string of the molecule is Cc1ccc(C2N=C(Nc3ccccc3)c3ccccc3N2)cc1. The van der Waals surface area contributed by atoms with Gasteiger partial charge in [-0.25, -0.2) is 4.99 Å². The van der Waals surface area contributed by atoms with Crippen molar-refractivity contribution < 1.29 is 0 Å². The molecule has 0 aliphatic carbocycles. The standard InChI is InChI=1S/C21H19N3/c1-15-11-13-16(14-12-15)20-23-19-10-6-5-9-18(19)21(24-20)22-17-7-3-2-4-8-17/h2-14,20,23H,1H3,(H,22,24). The second-order valence-electron chi connectivity index (χ2n) is 5.97. The predicted octanol–water partition coefficient (Wildman–Crippen LogP) is 4.98. The number of rotatable bonds is 2. The molecule has 118 valence electrons. The molecule has 1 aliphatic rings. The highest BCUT2D eigenvalue weighted by Crippen LogP contribution is 2.30. The van der Waals surface area contributed by atoms with Crippen LogP contribution in [0.1, 0.15) is 22.9 Å². The van der Waals surface area contributed by atoms with Crippen LogP contribution in [0.25, 0.3) is 0 Å². The number of aryl methyl sites for hydroxylation is 1.